The lowest BCUT2D eigenvalue weighted by Gasteiger charge is -2.12. The minimum atomic E-state index is -0.465. The molecule has 1 heterocycles. The van der Waals surface area contributed by atoms with Crippen LogP contribution in [0.15, 0.2) is 30.3 Å². The van der Waals surface area contributed by atoms with Gasteiger partial charge in [-0.3, -0.25) is 9.89 Å². The second kappa shape index (κ2) is 6.13. The molecule has 100 valence electrons. The number of aromatic amines is 1. The lowest BCUT2D eigenvalue weighted by atomic mass is 9.99. The highest BCUT2D eigenvalue weighted by molar-refractivity contribution is 5.77. The highest BCUT2D eigenvalue weighted by atomic mass is 16.5. The van der Waals surface area contributed by atoms with Crippen LogP contribution in [0.25, 0.3) is 0 Å². The van der Waals surface area contributed by atoms with Gasteiger partial charge in [-0.1, -0.05) is 30.3 Å². The van der Waals surface area contributed by atoms with Crippen LogP contribution < -0.4 is 0 Å². The Morgan fingerprint density at radius 2 is 2.11 bits per heavy atom. The molecule has 0 bridgehead atoms. The fraction of sp³-hybridized carbons (Fsp3) is 0.357. The number of hydrogen-bond acceptors (Lipinski definition) is 4. The number of aromatic nitrogens is 3. The third-order valence-electron chi connectivity index (χ3n) is 2.78. The highest BCUT2D eigenvalue weighted by Crippen LogP contribution is 2.19. The predicted molar refractivity (Wildman–Crippen MR) is 70.6 cm³/mol. The Morgan fingerprint density at radius 1 is 1.37 bits per heavy atom. The quantitative estimate of drug-likeness (QED) is 0.834. The number of ether oxygens (including phenoxy) is 1. The van der Waals surface area contributed by atoms with E-state index in [9.17, 15) is 4.79 Å². The summed E-state index contributed by atoms with van der Waals surface area (Å²) in [6.07, 6.45) is 0.539. The van der Waals surface area contributed by atoms with Crippen molar-refractivity contribution in [2.45, 2.75) is 26.2 Å². The van der Waals surface area contributed by atoms with Crippen molar-refractivity contribution in [3.05, 3.63) is 47.5 Å². The maximum absolute atomic E-state index is 12.0. The van der Waals surface area contributed by atoms with E-state index in [2.05, 4.69) is 15.2 Å². The van der Waals surface area contributed by atoms with Crippen LogP contribution in [0.3, 0.4) is 0 Å². The predicted octanol–water partition coefficient (Wildman–Crippen LogP) is 2.00. The second-order valence-corrected chi connectivity index (χ2v) is 4.27. The highest BCUT2D eigenvalue weighted by Gasteiger charge is 2.26. The van der Waals surface area contributed by atoms with Gasteiger partial charge in [0.25, 0.3) is 0 Å². The van der Waals surface area contributed by atoms with Crippen LogP contribution in [0, 0.1) is 6.92 Å². The summed E-state index contributed by atoms with van der Waals surface area (Å²) in [7, 11) is 0. The topological polar surface area (TPSA) is 67.9 Å². The van der Waals surface area contributed by atoms with Crippen molar-refractivity contribution in [3.63, 3.8) is 0 Å². The van der Waals surface area contributed by atoms with Crippen LogP contribution in [-0.2, 0) is 16.0 Å². The van der Waals surface area contributed by atoms with E-state index in [1.807, 2.05) is 30.3 Å². The zero-order chi connectivity index (χ0) is 13.7. The molecule has 0 spiro atoms. The number of rotatable bonds is 5. The number of aryl methyl sites for hydroxylation is 1. The average molecular weight is 259 g/mol. The number of carbonyl (C=O) groups is 1. The Balaban J connectivity index is 2.22. The minimum absolute atomic E-state index is 0.287. The smallest absolute Gasteiger partial charge is 0.317 e. The van der Waals surface area contributed by atoms with E-state index in [0.717, 1.165) is 5.56 Å². The number of benzene rings is 1. The zero-order valence-corrected chi connectivity index (χ0v) is 11.1. The van der Waals surface area contributed by atoms with Crippen molar-refractivity contribution in [2.75, 3.05) is 6.61 Å². The number of nitrogens with zero attached hydrogens (tertiary/aromatic N) is 2. The van der Waals surface area contributed by atoms with Gasteiger partial charge in [-0.2, -0.15) is 5.10 Å². The molecule has 0 amide bonds. The molecule has 0 saturated heterocycles. The first-order valence-corrected chi connectivity index (χ1v) is 6.30. The fourth-order valence-corrected chi connectivity index (χ4v) is 1.89. The van der Waals surface area contributed by atoms with Crippen LogP contribution in [-0.4, -0.2) is 27.8 Å². The standard InChI is InChI=1S/C14H17N3O2/c1-3-19-14(18)12(13-15-10(2)16-17-13)9-11-7-5-4-6-8-11/h4-8,12H,3,9H2,1-2H3,(H,15,16,17). The third-order valence-corrected chi connectivity index (χ3v) is 2.78. The summed E-state index contributed by atoms with van der Waals surface area (Å²) in [6.45, 7) is 3.95. The summed E-state index contributed by atoms with van der Waals surface area (Å²) >= 11 is 0. The van der Waals surface area contributed by atoms with Gasteiger partial charge in [0.1, 0.15) is 11.7 Å². The molecule has 1 N–H and O–H groups in total. The van der Waals surface area contributed by atoms with Crippen LogP contribution >= 0.6 is 0 Å². The van der Waals surface area contributed by atoms with Gasteiger partial charge < -0.3 is 4.74 Å². The van der Waals surface area contributed by atoms with Crippen molar-refractivity contribution < 1.29 is 9.53 Å². The first-order chi connectivity index (χ1) is 9.20. The summed E-state index contributed by atoms with van der Waals surface area (Å²) in [5.41, 5.74) is 1.06. The molecule has 5 heteroatoms. The molecule has 0 aliphatic heterocycles. The molecule has 0 fully saturated rings. The monoisotopic (exact) mass is 259 g/mol. The van der Waals surface area contributed by atoms with E-state index in [1.54, 1.807) is 13.8 Å². The molecule has 1 unspecified atom stereocenters. The number of nitrogens with one attached hydrogen (secondary N) is 1. The van der Waals surface area contributed by atoms with Gasteiger partial charge >= 0.3 is 5.97 Å². The van der Waals surface area contributed by atoms with Gasteiger partial charge in [-0.25, -0.2) is 4.98 Å². The van der Waals surface area contributed by atoms with E-state index in [0.29, 0.717) is 24.7 Å². The van der Waals surface area contributed by atoms with Crippen molar-refractivity contribution in [1.82, 2.24) is 15.2 Å². The van der Waals surface area contributed by atoms with Gasteiger partial charge in [0, 0.05) is 0 Å². The van der Waals surface area contributed by atoms with E-state index < -0.39 is 5.92 Å². The van der Waals surface area contributed by atoms with E-state index >= 15 is 0 Å². The molecule has 0 radical (unpaired) electrons. The molecule has 0 saturated carbocycles. The molecular weight excluding hydrogens is 242 g/mol. The molecule has 2 aromatic rings. The van der Waals surface area contributed by atoms with Crippen molar-refractivity contribution in [1.29, 1.82) is 0 Å². The number of carbonyl (C=O) groups excluding carboxylic acids is 1. The molecule has 1 aromatic heterocycles. The first kappa shape index (κ1) is 13.3. The molecule has 19 heavy (non-hydrogen) atoms. The maximum atomic E-state index is 12.0. The van der Waals surface area contributed by atoms with Crippen LogP contribution in [0.4, 0.5) is 0 Å². The Labute approximate surface area is 112 Å². The first-order valence-electron chi connectivity index (χ1n) is 6.30. The number of esters is 1. The Kier molecular flexibility index (Phi) is 4.28. The van der Waals surface area contributed by atoms with E-state index in [1.165, 1.54) is 0 Å². The largest absolute Gasteiger partial charge is 0.465 e. The number of H-pyrrole nitrogens is 1. The maximum Gasteiger partial charge on any atom is 0.317 e. The molecule has 1 atom stereocenters. The van der Waals surface area contributed by atoms with Gasteiger partial charge in [0.05, 0.1) is 6.61 Å². The van der Waals surface area contributed by atoms with Crippen LogP contribution in [0.2, 0.25) is 0 Å². The number of hydrogen-bond donors (Lipinski definition) is 1. The summed E-state index contributed by atoms with van der Waals surface area (Å²) in [4.78, 5) is 16.3. The van der Waals surface area contributed by atoms with Crippen molar-refractivity contribution in [3.8, 4) is 0 Å². The molecule has 0 aliphatic carbocycles. The van der Waals surface area contributed by atoms with Crippen LogP contribution in [0.1, 0.15) is 30.1 Å². The minimum Gasteiger partial charge on any atom is -0.465 e. The molecule has 2 rings (SSSR count). The molecule has 5 nitrogen and oxygen atoms in total. The lowest BCUT2D eigenvalue weighted by Crippen LogP contribution is -2.19. The van der Waals surface area contributed by atoms with Gasteiger partial charge in [-0.15, -0.1) is 0 Å². The van der Waals surface area contributed by atoms with E-state index in [-0.39, 0.29) is 5.97 Å². The molecular formula is C14H17N3O2. The summed E-state index contributed by atoms with van der Waals surface area (Å²) in [5.74, 6) is 0.426. The van der Waals surface area contributed by atoms with Gasteiger partial charge in [-0.05, 0) is 25.8 Å². The third kappa shape index (κ3) is 3.40. The zero-order valence-electron chi connectivity index (χ0n) is 11.1. The summed E-state index contributed by atoms with van der Waals surface area (Å²) < 4.78 is 5.11. The SMILES string of the molecule is CCOC(=O)C(Cc1ccccc1)c1n[nH]c(C)n1. The Hall–Kier alpha value is -2.17. The Bertz CT molecular complexity index is 537. The van der Waals surface area contributed by atoms with Crippen LogP contribution in [0.5, 0.6) is 0 Å². The lowest BCUT2D eigenvalue weighted by molar-refractivity contribution is -0.145. The van der Waals surface area contributed by atoms with Crippen molar-refractivity contribution in [2.24, 2.45) is 0 Å². The van der Waals surface area contributed by atoms with Gasteiger partial charge in [0.15, 0.2) is 5.82 Å². The van der Waals surface area contributed by atoms with Crippen molar-refractivity contribution >= 4 is 5.97 Å². The van der Waals surface area contributed by atoms with E-state index in [4.69, 9.17) is 4.74 Å². The summed E-state index contributed by atoms with van der Waals surface area (Å²) in [6, 6.07) is 9.79. The Morgan fingerprint density at radius 3 is 2.68 bits per heavy atom. The van der Waals surface area contributed by atoms with Gasteiger partial charge in [0.2, 0.25) is 0 Å². The molecule has 1 aromatic carbocycles. The summed E-state index contributed by atoms with van der Waals surface area (Å²) in [5, 5.41) is 6.84. The average Bonchev–Trinajstić information content (AvgIpc) is 2.84. The normalized spacial score (nSPS) is 12.1. The second-order valence-electron chi connectivity index (χ2n) is 4.27. The fourth-order valence-electron chi connectivity index (χ4n) is 1.89. The molecule has 0 aliphatic rings.